The summed E-state index contributed by atoms with van der Waals surface area (Å²) in [5.74, 6) is 0.215. The van der Waals surface area contributed by atoms with Crippen molar-refractivity contribution in [3.63, 3.8) is 0 Å². The van der Waals surface area contributed by atoms with E-state index in [9.17, 15) is 8.42 Å². The second-order valence-electron chi connectivity index (χ2n) is 2.56. The third kappa shape index (κ3) is 6.57. The van der Waals surface area contributed by atoms with Crippen molar-refractivity contribution in [3.8, 4) is 0 Å². The molecule has 0 radical (unpaired) electrons. The molecule has 0 amide bonds. The van der Waals surface area contributed by atoms with E-state index in [1.807, 2.05) is 6.92 Å². The normalized spacial score (nSPS) is 11.8. The molecule has 0 aromatic carbocycles. The Labute approximate surface area is 74.4 Å². The maximum atomic E-state index is 11.1. The van der Waals surface area contributed by atoms with E-state index in [0.29, 0.717) is 19.6 Å². The minimum Gasteiger partial charge on any atom is -0.383 e. The number of unbranched alkanes of at least 4 members (excludes halogenated alkanes) is 1. The summed E-state index contributed by atoms with van der Waals surface area (Å²) < 4.78 is 29.4. The summed E-state index contributed by atoms with van der Waals surface area (Å²) in [4.78, 5) is 0. The Balaban J connectivity index is 3.58. The molecule has 1 N–H and O–H groups in total. The van der Waals surface area contributed by atoms with Gasteiger partial charge in [0.1, 0.15) is 0 Å². The van der Waals surface area contributed by atoms with Crippen LogP contribution in [-0.4, -0.2) is 34.4 Å². The van der Waals surface area contributed by atoms with Gasteiger partial charge in [0.05, 0.1) is 12.4 Å². The van der Waals surface area contributed by atoms with Gasteiger partial charge in [-0.05, 0) is 6.42 Å². The SMILES string of the molecule is CCCCS(=O)(=O)NCCOC. The Bertz CT molecular complexity index is 189. The van der Waals surface area contributed by atoms with Gasteiger partial charge in [0.25, 0.3) is 0 Å². The fraction of sp³-hybridized carbons (Fsp3) is 1.00. The van der Waals surface area contributed by atoms with Crippen molar-refractivity contribution in [2.75, 3.05) is 26.0 Å². The molecule has 0 aromatic heterocycles. The Hall–Kier alpha value is -0.130. The summed E-state index contributed by atoms with van der Waals surface area (Å²) in [5.41, 5.74) is 0. The molecule has 0 atom stereocenters. The van der Waals surface area contributed by atoms with Crippen LogP contribution in [0, 0.1) is 0 Å². The van der Waals surface area contributed by atoms with Crippen LogP contribution in [0.25, 0.3) is 0 Å². The van der Waals surface area contributed by atoms with E-state index in [1.54, 1.807) is 7.11 Å². The highest BCUT2D eigenvalue weighted by atomic mass is 32.2. The molecule has 0 spiro atoms. The molecule has 4 nitrogen and oxygen atoms in total. The van der Waals surface area contributed by atoms with Gasteiger partial charge in [-0.2, -0.15) is 0 Å². The van der Waals surface area contributed by atoms with Gasteiger partial charge in [-0.25, -0.2) is 13.1 Å². The van der Waals surface area contributed by atoms with E-state index in [-0.39, 0.29) is 5.75 Å². The second-order valence-corrected chi connectivity index (χ2v) is 4.49. The zero-order valence-electron chi connectivity index (χ0n) is 7.67. The Morgan fingerprint density at radius 1 is 1.42 bits per heavy atom. The topological polar surface area (TPSA) is 55.4 Å². The quantitative estimate of drug-likeness (QED) is 0.596. The summed E-state index contributed by atoms with van der Waals surface area (Å²) >= 11 is 0. The molecule has 0 aromatic rings. The first-order valence-corrected chi connectivity index (χ1v) is 5.74. The summed E-state index contributed by atoms with van der Waals surface area (Å²) in [5, 5.41) is 0. The number of nitrogens with one attached hydrogen (secondary N) is 1. The van der Waals surface area contributed by atoms with Crippen LogP contribution in [0.2, 0.25) is 0 Å². The minimum absolute atomic E-state index is 0.215. The minimum atomic E-state index is -3.05. The molecule has 0 fully saturated rings. The van der Waals surface area contributed by atoms with E-state index in [2.05, 4.69) is 4.72 Å². The number of methoxy groups -OCH3 is 1. The summed E-state index contributed by atoms with van der Waals surface area (Å²) in [6.07, 6.45) is 1.60. The van der Waals surface area contributed by atoms with Crippen LogP contribution in [-0.2, 0) is 14.8 Å². The molecule has 0 saturated carbocycles. The number of sulfonamides is 1. The largest absolute Gasteiger partial charge is 0.383 e. The first kappa shape index (κ1) is 11.9. The van der Waals surface area contributed by atoms with E-state index in [4.69, 9.17) is 4.74 Å². The number of rotatable bonds is 7. The van der Waals surface area contributed by atoms with Crippen molar-refractivity contribution in [1.82, 2.24) is 4.72 Å². The summed E-state index contributed by atoms with van der Waals surface area (Å²) in [7, 11) is -1.50. The van der Waals surface area contributed by atoms with Crippen LogP contribution in [0.3, 0.4) is 0 Å². The van der Waals surface area contributed by atoms with E-state index >= 15 is 0 Å². The third-order valence-electron chi connectivity index (χ3n) is 1.39. The lowest BCUT2D eigenvalue weighted by Gasteiger charge is -2.04. The zero-order chi connectivity index (χ0) is 9.45. The summed E-state index contributed by atoms with van der Waals surface area (Å²) in [6, 6.07) is 0. The van der Waals surface area contributed by atoms with Crippen LogP contribution < -0.4 is 4.72 Å². The lowest BCUT2D eigenvalue weighted by atomic mass is 10.4. The molecule has 74 valence electrons. The molecule has 0 aliphatic heterocycles. The van der Waals surface area contributed by atoms with Crippen molar-refractivity contribution in [3.05, 3.63) is 0 Å². The molecule has 0 aliphatic carbocycles. The molecule has 5 heteroatoms. The highest BCUT2D eigenvalue weighted by Gasteiger charge is 2.06. The van der Waals surface area contributed by atoms with Crippen molar-refractivity contribution in [1.29, 1.82) is 0 Å². The van der Waals surface area contributed by atoms with Crippen LogP contribution in [0.5, 0.6) is 0 Å². The molecule has 0 unspecified atom stereocenters. The van der Waals surface area contributed by atoms with Crippen LogP contribution in [0.1, 0.15) is 19.8 Å². The fourth-order valence-corrected chi connectivity index (χ4v) is 1.91. The molecule has 0 saturated heterocycles. The number of hydrogen-bond donors (Lipinski definition) is 1. The highest BCUT2D eigenvalue weighted by molar-refractivity contribution is 7.89. The van der Waals surface area contributed by atoms with Gasteiger partial charge < -0.3 is 4.74 Å². The Kier molecular flexibility index (Phi) is 6.32. The van der Waals surface area contributed by atoms with E-state index < -0.39 is 10.0 Å². The molecule has 0 heterocycles. The predicted molar refractivity (Wildman–Crippen MR) is 48.6 cm³/mol. The van der Waals surface area contributed by atoms with Crippen molar-refractivity contribution < 1.29 is 13.2 Å². The van der Waals surface area contributed by atoms with Crippen molar-refractivity contribution >= 4 is 10.0 Å². The second kappa shape index (κ2) is 6.39. The summed E-state index contributed by atoms with van der Waals surface area (Å²) in [6.45, 7) is 2.75. The predicted octanol–water partition coefficient (Wildman–Crippen LogP) is 0.352. The third-order valence-corrected chi connectivity index (χ3v) is 2.86. The average molecular weight is 195 g/mol. The van der Waals surface area contributed by atoms with Gasteiger partial charge in [0.15, 0.2) is 0 Å². The molecular weight excluding hydrogens is 178 g/mol. The van der Waals surface area contributed by atoms with Gasteiger partial charge in [-0.15, -0.1) is 0 Å². The van der Waals surface area contributed by atoms with Crippen molar-refractivity contribution in [2.24, 2.45) is 0 Å². The molecule has 0 aliphatic rings. The Morgan fingerprint density at radius 3 is 2.58 bits per heavy atom. The van der Waals surface area contributed by atoms with E-state index in [0.717, 1.165) is 6.42 Å². The van der Waals surface area contributed by atoms with Gasteiger partial charge in [-0.3, -0.25) is 0 Å². The van der Waals surface area contributed by atoms with Gasteiger partial charge >= 0.3 is 0 Å². The maximum Gasteiger partial charge on any atom is 0.211 e. The van der Waals surface area contributed by atoms with E-state index in [1.165, 1.54) is 0 Å². The van der Waals surface area contributed by atoms with Crippen molar-refractivity contribution in [2.45, 2.75) is 19.8 Å². The Morgan fingerprint density at radius 2 is 2.08 bits per heavy atom. The molecule has 12 heavy (non-hydrogen) atoms. The molecular formula is C7H17NO3S. The standard InChI is InChI=1S/C7H17NO3S/c1-3-4-7-12(9,10)8-5-6-11-2/h8H,3-7H2,1-2H3. The lowest BCUT2D eigenvalue weighted by Crippen LogP contribution is -2.29. The van der Waals surface area contributed by atoms with Crippen LogP contribution in [0.15, 0.2) is 0 Å². The zero-order valence-corrected chi connectivity index (χ0v) is 8.49. The molecule has 0 bridgehead atoms. The van der Waals surface area contributed by atoms with Gasteiger partial charge in [-0.1, -0.05) is 13.3 Å². The van der Waals surface area contributed by atoms with Gasteiger partial charge in [0, 0.05) is 13.7 Å². The maximum absolute atomic E-state index is 11.1. The van der Waals surface area contributed by atoms with Crippen LogP contribution in [0.4, 0.5) is 0 Å². The lowest BCUT2D eigenvalue weighted by molar-refractivity contribution is 0.204. The monoisotopic (exact) mass is 195 g/mol. The fourth-order valence-electron chi connectivity index (χ4n) is 0.706. The first-order chi connectivity index (χ1) is 5.62. The number of ether oxygens (including phenoxy) is 1. The van der Waals surface area contributed by atoms with Gasteiger partial charge in [0.2, 0.25) is 10.0 Å². The average Bonchev–Trinajstić information content (AvgIpc) is 2.01. The molecule has 0 rings (SSSR count). The smallest absolute Gasteiger partial charge is 0.211 e. The highest BCUT2D eigenvalue weighted by Crippen LogP contribution is 1.92. The number of hydrogen-bond acceptors (Lipinski definition) is 3. The first-order valence-electron chi connectivity index (χ1n) is 4.08. The van der Waals surface area contributed by atoms with Crippen LogP contribution >= 0.6 is 0 Å².